The monoisotopic (exact) mass is 287 g/mol. The molecule has 0 aliphatic carbocycles. The van der Waals surface area contributed by atoms with Crippen molar-refractivity contribution in [3.8, 4) is 0 Å². The Morgan fingerprint density at radius 1 is 1.20 bits per heavy atom. The maximum absolute atomic E-state index is 12.7. The van der Waals surface area contributed by atoms with Gasteiger partial charge in [0.2, 0.25) is 0 Å². The topological polar surface area (TPSA) is 23.5 Å². The first kappa shape index (κ1) is 15.3. The van der Waals surface area contributed by atoms with Crippen molar-refractivity contribution in [3.63, 3.8) is 0 Å². The maximum Gasteiger partial charge on any atom is 0.417 e. The molecule has 2 rings (SSSR count). The lowest BCUT2D eigenvalue weighted by atomic mass is 9.90. The van der Waals surface area contributed by atoms with E-state index in [-0.39, 0.29) is 25.9 Å². The van der Waals surface area contributed by atoms with Crippen molar-refractivity contribution in [3.05, 3.63) is 35.4 Å². The number of rotatable bonds is 3. The molecule has 1 aliphatic heterocycles. The van der Waals surface area contributed by atoms with Gasteiger partial charge in [0.1, 0.15) is 0 Å². The molecule has 0 radical (unpaired) electrons. The fraction of sp³-hybridized carbons (Fsp3) is 0.600. The highest BCUT2D eigenvalue weighted by molar-refractivity contribution is 5.23. The molecule has 5 heteroatoms. The first-order valence-corrected chi connectivity index (χ1v) is 6.93. The van der Waals surface area contributed by atoms with E-state index in [1.54, 1.807) is 0 Å². The van der Waals surface area contributed by atoms with Gasteiger partial charge in [-0.05, 0) is 30.4 Å². The minimum Gasteiger partial charge on any atom is -0.380 e. The molecule has 1 saturated heterocycles. The summed E-state index contributed by atoms with van der Waals surface area (Å²) in [6, 6.07) is 8.10. The number of aliphatic hydroxyl groups is 1. The predicted molar refractivity (Wildman–Crippen MR) is 71.3 cm³/mol. The molecule has 1 aromatic carbocycles. The lowest BCUT2D eigenvalue weighted by Gasteiger charge is -2.39. The Labute approximate surface area is 117 Å². The van der Waals surface area contributed by atoms with Crippen LogP contribution in [0.1, 0.15) is 30.9 Å². The van der Waals surface area contributed by atoms with E-state index in [0.29, 0.717) is 6.54 Å². The highest BCUT2D eigenvalue weighted by atomic mass is 19.4. The van der Waals surface area contributed by atoms with Crippen LogP contribution in [-0.2, 0) is 13.0 Å². The molecule has 0 saturated carbocycles. The Morgan fingerprint density at radius 3 is 2.35 bits per heavy atom. The molecule has 1 fully saturated rings. The number of nitrogens with zero attached hydrogens (tertiary/aromatic N) is 1. The zero-order valence-corrected chi connectivity index (χ0v) is 11.6. The van der Waals surface area contributed by atoms with Gasteiger partial charge in [0.25, 0.3) is 0 Å². The molecule has 20 heavy (non-hydrogen) atoms. The summed E-state index contributed by atoms with van der Waals surface area (Å²) in [6.45, 7) is 3.25. The number of hydrogen-bond acceptors (Lipinski definition) is 2. The fourth-order valence-electron chi connectivity index (χ4n) is 2.57. The molecule has 2 nitrogen and oxygen atoms in total. The number of piperidine rings is 1. The minimum absolute atomic E-state index is 0.246. The van der Waals surface area contributed by atoms with Crippen LogP contribution < -0.4 is 0 Å². The molecule has 0 unspecified atom stereocenters. The van der Waals surface area contributed by atoms with Crippen LogP contribution in [0.4, 0.5) is 13.2 Å². The van der Waals surface area contributed by atoms with E-state index in [0.717, 1.165) is 12.0 Å². The molecule has 1 aromatic rings. The van der Waals surface area contributed by atoms with Crippen LogP contribution in [0, 0.1) is 0 Å². The first-order valence-electron chi connectivity index (χ1n) is 6.93. The number of alkyl halides is 3. The summed E-state index contributed by atoms with van der Waals surface area (Å²) >= 11 is 0. The van der Waals surface area contributed by atoms with E-state index in [9.17, 15) is 18.3 Å². The molecule has 112 valence electrons. The molecule has 0 spiro atoms. The van der Waals surface area contributed by atoms with E-state index in [1.807, 2.05) is 23.1 Å². The third-order valence-corrected chi connectivity index (χ3v) is 4.02. The van der Waals surface area contributed by atoms with Gasteiger partial charge in [0.05, 0.1) is 0 Å². The van der Waals surface area contributed by atoms with Crippen LogP contribution >= 0.6 is 0 Å². The third-order valence-electron chi connectivity index (χ3n) is 4.02. The number of benzene rings is 1. The van der Waals surface area contributed by atoms with Crippen molar-refractivity contribution >= 4 is 0 Å². The minimum atomic E-state index is -4.53. The molecular formula is C15H20F3NO. The molecule has 0 amide bonds. The predicted octanol–water partition coefficient (Wildman–Crippen LogP) is 3.14. The van der Waals surface area contributed by atoms with E-state index >= 15 is 0 Å². The van der Waals surface area contributed by atoms with Gasteiger partial charge in [-0.25, -0.2) is 0 Å². The molecule has 1 aliphatic rings. The summed E-state index contributed by atoms with van der Waals surface area (Å²) in [4.78, 5) is 1.97. The van der Waals surface area contributed by atoms with E-state index in [2.05, 4.69) is 13.0 Å². The number of aryl methyl sites for hydroxylation is 1. The van der Waals surface area contributed by atoms with Crippen LogP contribution in [0.25, 0.3) is 0 Å². The van der Waals surface area contributed by atoms with Crippen molar-refractivity contribution in [2.24, 2.45) is 0 Å². The summed E-state index contributed by atoms with van der Waals surface area (Å²) < 4.78 is 38.1. The van der Waals surface area contributed by atoms with Crippen LogP contribution in [0.3, 0.4) is 0 Å². The summed E-state index contributed by atoms with van der Waals surface area (Å²) in [5, 5.41) is 9.62. The smallest absolute Gasteiger partial charge is 0.380 e. The van der Waals surface area contributed by atoms with Crippen molar-refractivity contribution in [2.45, 2.75) is 44.5 Å². The van der Waals surface area contributed by atoms with Crippen molar-refractivity contribution in [1.82, 2.24) is 4.90 Å². The van der Waals surface area contributed by atoms with E-state index in [1.165, 1.54) is 5.56 Å². The standard InChI is InChI=1S/C15H20F3NO/c1-2-12-4-3-5-13(10-12)11-19-8-6-14(20,7-9-19)15(16,17)18/h3-5,10,20H,2,6-9,11H2,1H3. The van der Waals surface area contributed by atoms with Crippen molar-refractivity contribution in [1.29, 1.82) is 0 Å². The van der Waals surface area contributed by atoms with Gasteiger partial charge >= 0.3 is 6.18 Å². The molecule has 0 aromatic heterocycles. The Hall–Kier alpha value is -1.07. The first-order chi connectivity index (χ1) is 9.34. The van der Waals surface area contributed by atoms with E-state index in [4.69, 9.17) is 0 Å². The van der Waals surface area contributed by atoms with Gasteiger partial charge in [0.15, 0.2) is 5.60 Å². The lowest BCUT2D eigenvalue weighted by Crippen LogP contribution is -2.53. The van der Waals surface area contributed by atoms with Gasteiger partial charge in [-0.2, -0.15) is 13.2 Å². The van der Waals surface area contributed by atoms with Gasteiger partial charge in [-0.3, -0.25) is 4.90 Å². The second-order valence-corrected chi connectivity index (χ2v) is 5.48. The summed E-state index contributed by atoms with van der Waals surface area (Å²) in [5.41, 5.74) is -0.164. The second kappa shape index (κ2) is 5.74. The Morgan fingerprint density at radius 2 is 1.80 bits per heavy atom. The van der Waals surface area contributed by atoms with Crippen molar-refractivity contribution < 1.29 is 18.3 Å². The Kier molecular flexibility index (Phi) is 4.39. The van der Waals surface area contributed by atoms with Gasteiger partial charge < -0.3 is 5.11 Å². The molecule has 1 N–H and O–H groups in total. The summed E-state index contributed by atoms with van der Waals surface area (Å²) in [7, 11) is 0. The zero-order chi connectivity index (χ0) is 14.8. The SMILES string of the molecule is CCc1cccc(CN2CCC(O)(C(F)(F)F)CC2)c1. The number of hydrogen-bond donors (Lipinski definition) is 1. The molecule has 0 bridgehead atoms. The largest absolute Gasteiger partial charge is 0.417 e. The highest BCUT2D eigenvalue weighted by Crippen LogP contribution is 2.38. The van der Waals surface area contributed by atoms with Gasteiger partial charge in [-0.1, -0.05) is 31.2 Å². The highest BCUT2D eigenvalue weighted by Gasteiger charge is 2.54. The molecular weight excluding hydrogens is 267 g/mol. The normalized spacial score (nSPS) is 20.1. The van der Waals surface area contributed by atoms with Crippen LogP contribution in [0.2, 0.25) is 0 Å². The van der Waals surface area contributed by atoms with Gasteiger partial charge in [0, 0.05) is 19.6 Å². The zero-order valence-electron chi connectivity index (χ0n) is 11.6. The van der Waals surface area contributed by atoms with Crippen LogP contribution in [-0.4, -0.2) is 34.9 Å². The lowest BCUT2D eigenvalue weighted by molar-refractivity contribution is -0.272. The van der Waals surface area contributed by atoms with Crippen molar-refractivity contribution in [2.75, 3.05) is 13.1 Å². The Balaban J connectivity index is 1.94. The quantitative estimate of drug-likeness (QED) is 0.923. The van der Waals surface area contributed by atoms with Crippen LogP contribution in [0.5, 0.6) is 0 Å². The van der Waals surface area contributed by atoms with Gasteiger partial charge in [-0.15, -0.1) is 0 Å². The van der Waals surface area contributed by atoms with E-state index < -0.39 is 11.8 Å². The number of halogens is 3. The number of likely N-dealkylation sites (tertiary alicyclic amines) is 1. The summed E-state index contributed by atoms with van der Waals surface area (Å²) in [6.07, 6.45) is -4.07. The maximum atomic E-state index is 12.7. The fourth-order valence-corrected chi connectivity index (χ4v) is 2.57. The molecule has 1 heterocycles. The third kappa shape index (κ3) is 3.33. The van der Waals surface area contributed by atoms with Crippen LogP contribution in [0.15, 0.2) is 24.3 Å². The molecule has 0 atom stereocenters. The second-order valence-electron chi connectivity index (χ2n) is 5.48. The Bertz CT molecular complexity index is 451. The average Bonchev–Trinajstić information content (AvgIpc) is 2.40. The average molecular weight is 287 g/mol. The summed E-state index contributed by atoms with van der Waals surface area (Å²) in [5.74, 6) is 0.